The maximum atomic E-state index is 11.7. The third kappa shape index (κ3) is 4.00. The maximum absolute atomic E-state index is 11.7. The van der Waals surface area contributed by atoms with Gasteiger partial charge in [-0.2, -0.15) is 4.98 Å². The van der Waals surface area contributed by atoms with Gasteiger partial charge in [-0.25, -0.2) is 14.8 Å². The van der Waals surface area contributed by atoms with Gasteiger partial charge in [0.05, 0.1) is 12.5 Å². The second kappa shape index (κ2) is 7.90. The molecular weight excluding hydrogens is 374 g/mol. The molecule has 3 unspecified atom stereocenters. The number of hydrogen-bond acceptors (Lipinski definition) is 7. The summed E-state index contributed by atoms with van der Waals surface area (Å²) >= 11 is 0. The van der Waals surface area contributed by atoms with Gasteiger partial charge in [-0.15, -0.1) is 0 Å². The number of hydrogen-bond donors (Lipinski definition) is 1. The minimum atomic E-state index is -0.965. The number of nitrogens with one attached hydrogen (secondary N) is 1. The number of methoxy groups -OCH3 is 1. The summed E-state index contributed by atoms with van der Waals surface area (Å²) in [5.74, 6) is -1.10. The Morgan fingerprint density at radius 3 is 2.86 bits per heavy atom. The SMILES string of the molecule is COC1(C)OOC(c2ccccc2)CC1COc1ncc2c(C)cc(=O)[nH]c2n1. The van der Waals surface area contributed by atoms with Crippen LogP contribution < -0.4 is 10.3 Å². The van der Waals surface area contributed by atoms with E-state index in [1.54, 1.807) is 13.3 Å². The van der Waals surface area contributed by atoms with Crippen molar-refractivity contribution in [1.82, 2.24) is 15.0 Å². The normalized spacial score (nSPS) is 24.5. The minimum absolute atomic E-state index is 0.137. The lowest BCUT2D eigenvalue weighted by Crippen LogP contribution is -2.47. The predicted molar refractivity (Wildman–Crippen MR) is 105 cm³/mol. The van der Waals surface area contributed by atoms with Crippen LogP contribution in [0, 0.1) is 12.8 Å². The zero-order valence-corrected chi connectivity index (χ0v) is 16.5. The second-order valence-corrected chi connectivity index (χ2v) is 7.27. The Bertz CT molecular complexity index is 1060. The molecule has 3 atom stereocenters. The quantitative estimate of drug-likeness (QED) is 0.661. The van der Waals surface area contributed by atoms with Crippen LogP contribution in [0.3, 0.4) is 0 Å². The number of aromatic nitrogens is 3. The summed E-state index contributed by atoms with van der Waals surface area (Å²) in [4.78, 5) is 34.2. The van der Waals surface area contributed by atoms with E-state index in [0.29, 0.717) is 12.1 Å². The van der Waals surface area contributed by atoms with E-state index in [2.05, 4.69) is 15.0 Å². The second-order valence-electron chi connectivity index (χ2n) is 7.27. The van der Waals surface area contributed by atoms with Crippen LogP contribution in [-0.4, -0.2) is 34.5 Å². The first-order chi connectivity index (χ1) is 14.0. The van der Waals surface area contributed by atoms with E-state index < -0.39 is 5.79 Å². The molecule has 0 amide bonds. The van der Waals surface area contributed by atoms with Crippen molar-refractivity contribution in [3.05, 3.63) is 64.1 Å². The average Bonchev–Trinajstić information content (AvgIpc) is 2.73. The number of fused-ring (bicyclic) bond motifs is 1. The largest absolute Gasteiger partial charge is 0.463 e. The summed E-state index contributed by atoms with van der Waals surface area (Å²) in [6.45, 7) is 3.91. The molecule has 8 heteroatoms. The number of nitrogens with zero attached hydrogens (tertiary/aromatic N) is 2. The van der Waals surface area contributed by atoms with Crippen molar-refractivity contribution in [3.8, 4) is 6.01 Å². The third-order valence-electron chi connectivity index (χ3n) is 5.34. The summed E-state index contributed by atoms with van der Waals surface area (Å²) in [7, 11) is 1.57. The van der Waals surface area contributed by atoms with E-state index in [9.17, 15) is 4.79 Å². The van der Waals surface area contributed by atoms with Crippen LogP contribution in [0.5, 0.6) is 6.01 Å². The first-order valence-electron chi connectivity index (χ1n) is 9.42. The molecule has 8 nitrogen and oxygen atoms in total. The van der Waals surface area contributed by atoms with Crippen molar-refractivity contribution in [2.75, 3.05) is 13.7 Å². The van der Waals surface area contributed by atoms with Crippen molar-refractivity contribution in [3.63, 3.8) is 0 Å². The summed E-state index contributed by atoms with van der Waals surface area (Å²) in [5, 5.41) is 0.775. The van der Waals surface area contributed by atoms with Crippen LogP contribution in [-0.2, 0) is 14.5 Å². The van der Waals surface area contributed by atoms with Crippen LogP contribution in [0.25, 0.3) is 11.0 Å². The van der Waals surface area contributed by atoms with E-state index in [0.717, 1.165) is 16.5 Å². The molecule has 3 heterocycles. The Morgan fingerprint density at radius 1 is 1.31 bits per heavy atom. The maximum Gasteiger partial charge on any atom is 0.318 e. The molecule has 1 aliphatic heterocycles. The Balaban J connectivity index is 1.53. The molecule has 1 aromatic carbocycles. The van der Waals surface area contributed by atoms with Crippen molar-refractivity contribution in [1.29, 1.82) is 0 Å². The van der Waals surface area contributed by atoms with Gasteiger partial charge in [-0.3, -0.25) is 4.79 Å². The van der Waals surface area contributed by atoms with E-state index in [4.69, 9.17) is 19.2 Å². The molecule has 0 saturated carbocycles. The molecule has 29 heavy (non-hydrogen) atoms. The monoisotopic (exact) mass is 397 g/mol. The molecule has 0 spiro atoms. The van der Waals surface area contributed by atoms with Gasteiger partial charge >= 0.3 is 6.01 Å². The highest BCUT2D eigenvalue weighted by molar-refractivity contribution is 5.77. The van der Waals surface area contributed by atoms with Crippen molar-refractivity contribution in [2.45, 2.75) is 32.2 Å². The molecule has 0 bridgehead atoms. The molecule has 1 saturated heterocycles. The van der Waals surface area contributed by atoms with Gasteiger partial charge in [0.25, 0.3) is 0 Å². The van der Waals surface area contributed by atoms with E-state index in [-0.39, 0.29) is 30.2 Å². The van der Waals surface area contributed by atoms with E-state index in [1.807, 2.05) is 44.2 Å². The van der Waals surface area contributed by atoms with Gasteiger partial charge < -0.3 is 14.5 Å². The fourth-order valence-electron chi connectivity index (χ4n) is 3.43. The number of benzene rings is 1. The lowest BCUT2D eigenvalue weighted by atomic mass is 9.90. The number of H-pyrrole nitrogens is 1. The fraction of sp³-hybridized carbons (Fsp3) is 0.381. The molecule has 3 aromatic rings. The predicted octanol–water partition coefficient (Wildman–Crippen LogP) is 3.08. The van der Waals surface area contributed by atoms with Gasteiger partial charge in [0.15, 0.2) is 0 Å². The van der Waals surface area contributed by atoms with Crippen LogP contribution in [0.2, 0.25) is 0 Å². The lowest BCUT2D eigenvalue weighted by molar-refractivity contribution is -0.479. The molecule has 1 fully saturated rings. The summed E-state index contributed by atoms with van der Waals surface area (Å²) < 4.78 is 11.4. The van der Waals surface area contributed by atoms with Crippen LogP contribution in [0.4, 0.5) is 0 Å². The molecule has 4 rings (SSSR count). The van der Waals surface area contributed by atoms with Crippen molar-refractivity contribution < 1.29 is 19.2 Å². The number of aromatic amines is 1. The average molecular weight is 397 g/mol. The van der Waals surface area contributed by atoms with Crippen LogP contribution in [0.1, 0.15) is 30.6 Å². The Labute approximate surface area is 167 Å². The van der Waals surface area contributed by atoms with Gasteiger partial charge in [-0.05, 0) is 31.4 Å². The topological polar surface area (TPSA) is 95.6 Å². The fourth-order valence-corrected chi connectivity index (χ4v) is 3.43. The molecule has 1 aliphatic rings. The number of ether oxygens (including phenoxy) is 2. The highest BCUT2D eigenvalue weighted by Gasteiger charge is 2.44. The standard InChI is InChI=1S/C21H23N3O5/c1-13-9-18(25)23-19-16(13)11-22-20(24-19)27-12-15-10-17(14-7-5-4-6-8-14)28-29-21(15,2)26-3/h4-9,11,15,17H,10,12H2,1-3H3,(H,22,23,24,25). The van der Waals surface area contributed by atoms with E-state index >= 15 is 0 Å². The molecule has 0 aliphatic carbocycles. The van der Waals surface area contributed by atoms with E-state index in [1.165, 1.54) is 6.07 Å². The smallest absolute Gasteiger partial charge is 0.318 e. The molecular formula is C21H23N3O5. The van der Waals surface area contributed by atoms with Gasteiger partial charge in [0.1, 0.15) is 11.8 Å². The number of aryl methyl sites for hydroxylation is 1. The molecule has 1 N–H and O–H groups in total. The zero-order valence-electron chi connectivity index (χ0n) is 16.5. The highest BCUT2D eigenvalue weighted by Crippen LogP contribution is 2.39. The number of rotatable bonds is 5. The molecule has 2 aromatic heterocycles. The number of pyridine rings is 1. The Morgan fingerprint density at radius 2 is 2.10 bits per heavy atom. The van der Waals surface area contributed by atoms with Gasteiger partial charge in [0.2, 0.25) is 11.3 Å². The molecule has 152 valence electrons. The zero-order chi connectivity index (χ0) is 20.4. The van der Waals surface area contributed by atoms with Gasteiger partial charge in [-0.1, -0.05) is 30.3 Å². The first-order valence-corrected chi connectivity index (χ1v) is 9.42. The summed E-state index contributed by atoms with van der Waals surface area (Å²) in [5.41, 5.74) is 2.06. The van der Waals surface area contributed by atoms with Crippen molar-refractivity contribution in [2.24, 2.45) is 5.92 Å². The van der Waals surface area contributed by atoms with Gasteiger partial charge in [0, 0.05) is 24.8 Å². The van der Waals surface area contributed by atoms with Crippen LogP contribution >= 0.6 is 0 Å². The first kappa shape index (κ1) is 19.5. The molecule has 0 radical (unpaired) electrons. The minimum Gasteiger partial charge on any atom is -0.463 e. The summed E-state index contributed by atoms with van der Waals surface area (Å²) in [6, 6.07) is 11.6. The Hall–Kier alpha value is -2.81. The summed E-state index contributed by atoms with van der Waals surface area (Å²) in [6.07, 6.45) is 2.05. The van der Waals surface area contributed by atoms with Crippen LogP contribution in [0.15, 0.2) is 47.4 Å². The highest BCUT2D eigenvalue weighted by atomic mass is 17.2. The van der Waals surface area contributed by atoms with Crippen molar-refractivity contribution >= 4 is 11.0 Å². The third-order valence-corrected chi connectivity index (χ3v) is 5.34. The lowest BCUT2D eigenvalue weighted by Gasteiger charge is -2.41. The Kier molecular flexibility index (Phi) is 5.31.